The highest BCUT2D eigenvalue weighted by Gasteiger charge is 2.09. The first-order chi connectivity index (χ1) is 9.88. The van der Waals surface area contributed by atoms with Gasteiger partial charge in [-0.05, 0) is 25.0 Å². The van der Waals surface area contributed by atoms with Gasteiger partial charge in [0.15, 0.2) is 11.5 Å². The second-order valence-electron chi connectivity index (χ2n) is 5.05. The van der Waals surface area contributed by atoms with E-state index in [9.17, 15) is 0 Å². The van der Waals surface area contributed by atoms with E-state index in [-0.39, 0.29) is 0 Å². The summed E-state index contributed by atoms with van der Waals surface area (Å²) in [7, 11) is 0. The number of unbranched alkanes of at least 4 members (excludes halogenated alkanes) is 7. The predicted octanol–water partition coefficient (Wildman–Crippen LogP) is 5.73. The number of benzene rings is 1. The van der Waals surface area contributed by atoms with Gasteiger partial charge in [0.1, 0.15) is 0 Å². The third kappa shape index (κ3) is 7.22. The number of hydrogen-bond donors (Lipinski definition) is 0. The maximum absolute atomic E-state index is 5.08. The second-order valence-corrected chi connectivity index (χ2v) is 5.05. The van der Waals surface area contributed by atoms with E-state index in [1.54, 1.807) is 0 Å². The van der Waals surface area contributed by atoms with Gasteiger partial charge in [-0.2, -0.15) is 0 Å². The smallest absolute Gasteiger partial charge is 0.231 e. The summed E-state index contributed by atoms with van der Waals surface area (Å²) in [5, 5.41) is 0. The van der Waals surface area contributed by atoms with E-state index in [4.69, 9.17) is 9.47 Å². The van der Waals surface area contributed by atoms with Crippen LogP contribution in [0.2, 0.25) is 0 Å². The lowest BCUT2D eigenvalue weighted by atomic mass is 10.1. The van der Waals surface area contributed by atoms with Crippen LogP contribution >= 0.6 is 0 Å². The number of ether oxygens (including phenoxy) is 2. The topological polar surface area (TPSA) is 18.5 Å². The lowest BCUT2D eigenvalue weighted by Crippen LogP contribution is -1.92. The Hall–Kier alpha value is -1.44. The maximum atomic E-state index is 5.08. The molecule has 1 aromatic rings. The lowest BCUT2D eigenvalue weighted by Gasteiger charge is -1.98. The van der Waals surface area contributed by atoms with Crippen LogP contribution in [0.5, 0.6) is 11.5 Å². The summed E-state index contributed by atoms with van der Waals surface area (Å²) in [6.07, 6.45) is 13.0. The van der Waals surface area contributed by atoms with Crippen molar-refractivity contribution in [2.24, 2.45) is 0 Å². The number of fused-ring (bicyclic) bond motifs is 1. The van der Waals surface area contributed by atoms with Crippen LogP contribution in [0.3, 0.4) is 0 Å². The highest BCUT2D eigenvalue weighted by Crippen LogP contribution is 2.30. The molecule has 112 valence electrons. The van der Waals surface area contributed by atoms with Gasteiger partial charge in [-0.3, -0.25) is 0 Å². The molecule has 0 bridgehead atoms. The SMILES string of the molecule is C=CCCCCCCCCC.c1ccc2c(c1)OCO2. The number of para-hydroxylation sites is 2. The Bertz CT molecular complexity index is 337. The van der Waals surface area contributed by atoms with Crippen molar-refractivity contribution >= 4 is 0 Å². The Morgan fingerprint density at radius 3 is 2.05 bits per heavy atom. The molecule has 0 N–H and O–H groups in total. The average Bonchev–Trinajstić information content (AvgIpc) is 2.95. The molecule has 0 unspecified atom stereocenters. The van der Waals surface area contributed by atoms with Crippen LogP contribution in [0, 0.1) is 0 Å². The van der Waals surface area contributed by atoms with Crippen LogP contribution in [0.25, 0.3) is 0 Å². The summed E-state index contributed by atoms with van der Waals surface area (Å²) in [5.41, 5.74) is 0. The van der Waals surface area contributed by atoms with E-state index in [0.29, 0.717) is 6.79 Å². The Morgan fingerprint density at radius 2 is 1.50 bits per heavy atom. The van der Waals surface area contributed by atoms with Crippen molar-refractivity contribution in [1.82, 2.24) is 0 Å². The Labute approximate surface area is 123 Å². The summed E-state index contributed by atoms with van der Waals surface area (Å²) in [6.45, 7) is 6.33. The Balaban J connectivity index is 0.000000202. The summed E-state index contributed by atoms with van der Waals surface area (Å²) >= 11 is 0. The highest BCUT2D eigenvalue weighted by molar-refractivity contribution is 5.40. The van der Waals surface area contributed by atoms with Gasteiger partial charge in [0.2, 0.25) is 6.79 Å². The van der Waals surface area contributed by atoms with Crippen molar-refractivity contribution in [3.05, 3.63) is 36.9 Å². The Morgan fingerprint density at radius 1 is 0.950 bits per heavy atom. The molecule has 0 aromatic heterocycles. The van der Waals surface area contributed by atoms with Crippen LogP contribution in [0.15, 0.2) is 36.9 Å². The third-order valence-corrected chi connectivity index (χ3v) is 3.29. The zero-order chi connectivity index (χ0) is 14.5. The molecule has 0 spiro atoms. The van der Waals surface area contributed by atoms with Crippen LogP contribution < -0.4 is 9.47 Å². The van der Waals surface area contributed by atoms with Gasteiger partial charge in [-0.15, -0.1) is 6.58 Å². The zero-order valence-electron chi connectivity index (χ0n) is 12.8. The molecule has 0 atom stereocenters. The lowest BCUT2D eigenvalue weighted by molar-refractivity contribution is 0.174. The maximum Gasteiger partial charge on any atom is 0.231 e. The van der Waals surface area contributed by atoms with E-state index in [0.717, 1.165) is 11.5 Å². The van der Waals surface area contributed by atoms with Gasteiger partial charge in [-0.25, -0.2) is 0 Å². The molecule has 2 rings (SSSR count). The zero-order valence-corrected chi connectivity index (χ0v) is 12.8. The molecule has 1 aromatic carbocycles. The molecule has 0 saturated heterocycles. The van der Waals surface area contributed by atoms with Crippen molar-refractivity contribution < 1.29 is 9.47 Å². The predicted molar refractivity (Wildman–Crippen MR) is 85.4 cm³/mol. The third-order valence-electron chi connectivity index (χ3n) is 3.29. The first-order valence-electron chi connectivity index (χ1n) is 7.84. The molecular weight excluding hydrogens is 248 g/mol. The molecule has 1 aliphatic heterocycles. The minimum atomic E-state index is 0.360. The van der Waals surface area contributed by atoms with Gasteiger partial charge in [0.05, 0.1) is 0 Å². The molecule has 0 radical (unpaired) electrons. The van der Waals surface area contributed by atoms with E-state index >= 15 is 0 Å². The van der Waals surface area contributed by atoms with E-state index in [2.05, 4.69) is 13.5 Å². The fourth-order valence-corrected chi connectivity index (χ4v) is 2.09. The first kappa shape index (κ1) is 16.6. The molecule has 0 aliphatic carbocycles. The van der Waals surface area contributed by atoms with Crippen molar-refractivity contribution in [1.29, 1.82) is 0 Å². The molecule has 2 nitrogen and oxygen atoms in total. The van der Waals surface area contributed by atoms with E-state index in [1.165, 1.54) is 51.4 Å². The van der Waals surface area contributed by atoms with E-state index in [1.807, 2.05) is 30.3 Å². The number of hydrogen-bond acceptors (Lipinski definition) is 2. The van der Waals surface area contributed by atoms with Crippen LogP contribution in [0.4, 0.5) is 0 Å². The molecular formula is C18H28O2. The quantitative estimate of drug-likeness (QED) is 0.446. The Kier molecular flexibility index (Phi) is 9.46. The molecule has 1 heterocycles. The van der Waals surface area contributed by atoms with Crippen LogP contribution in [-0.4, -0.2) is 6.79 Å². The fourth-order valence-electron chi connectivity index (χ4n) is 2.09. The minimum absolute atomic E-state index is 0.360. The van der Waals surface area contributed by atoms with E-state index < -0.39 is 0 Å². The van der Waals surface area contributed by atoms with Gasteiger partial charge >= 0.3 is 0 Å². The van der Waals surface area contributed by atoms with Gasteiger partial charge in [0.25, 0.3) is 0 Å². The number of allylic oxidation sites excluding steroid dienone is 1. The summed E-state index contributed by atoms with van der Waals surface area (Å²) in [5.74, 6) is 1.69. The van der Waals surface area contributed by atoms with Crippen molar-refractivity contribution in [3.63, 3.8) is 0 Å². The second kappa shape index (κ2) is 11.4. The molecule has 0 amide bonds. The first-order valence-corrected chi connectivity index (χ1v) is 7.84. The molecule has 1 aliphatic rings. The summed E-state index contributed by atoms with van der Waals surface area (Å²) in [4.78, 5) is 0. The molecule has 0 saturated carbocycles. The van der Waals surface area contributed by atoms with Crippen LogP contribution in [0.1, 0.15) is 58.3 Å². The van der Waals surface area contributed by atoms with Crippen molar-refractivity contribution in [2.45, 2.75) is 58.3 Å². The summed E-state index contributed by atoms with van der Waals surface area (Å²) < 4.78 is 10.2. The fraction of sp³-hybridized carbons (Fsp3) is 0.556. The molecule has 2 heteroatoms. The summed E-state index contributed by atoms with van der Waals surface area (Å²) in [6, 6.07) is 7.63. The number of rotatable bonds is 8. The minimum Gasteiger partial charge on any atom is -0.454 e. The van der Waals surface area contributed by atoms with Crippen molar-refractivity contribution in [3.8, 4) is 11.5 Å². The average molecular weight is 276 g/mol. The van der Waals surface area contributed by atoms with Crippen LogP contribution in [-0.2, 0) is 0 Å². The molecule has 0 fully saturated rings. The van der Waals surface area contributed by atoms with Gasteiger partial charge in [-0.1, -0.05) is 63.7 Å². The standard InChI is InChI=1S/C11H22.C7H6O2/c1-3-5-7-9-11-10-8-6-4-2;1-2-4-7-6(3-1)8-5-9-7/h3H,1,4-11H2,2H3;1-4H,5H2. The highest BCUT2D eigenvalue weighted by atomic mass is 16.7. The van der Waals surface area contributed by atoms with Gasteiger partial charge < -0.3 is 9.47 Å². The monoisotopic (exact) mass is 276 g/mol. The van der Waals surface area contributed by atoms with Crippen molar-refractivity contribution in [2.75, 3.05) is 6.79 Å². The van der Waals surface area contributed by atoms with Gasteiger partial charge in [0, 0.05) is 0 Å². The molecule has 20 heavy (non-hydrogen) atoms. The normalized spacial score (nSPS) is 11.7. The largest absolute Gasteiger partial charge is 0.454 e.